The van der Waals surface area contributed by atoms with Gasteiger partial charge in [-0.25, -0.2) is 9.59 Å². The molecule has 0 saturated heterocycles. The molecule has 0 atom stereocenters. The maximum atomic E-state index is 11.1. The molecule has 0 aliphatic carbocycles. The van der Waals surface area contributed by atoms with E-state index in [9.17, 15) is 9.59 Å². The number of methoxy groups -OCH3 is 2. The number of nitriles is 2. The molecule has 0 bridgehead atoms. The van der Waals surface area contributed by atoms with Crippen molar-refractivity contribution >= 4 is 50.5 Å². The number of alkyl halides is 1. The first-order valence-electron chi connectivity index (χ1n) is 6.84. The van der Waals surface area contributed by atoms with Crippen molar-refractivity contribution in [1.29, 1.82) is 10.5 Å². The Morgan fingerprint density at radius 2 is 1.46 bits per heavy atom. The molecule has 0 amide bonds. The second kappa shape index (κ2) is 10.7. The number of aliphatic hydroxyl groups excluding tert-OH is 1. The summed E-state index contributed by atoms with van der Waals surface area (Å²) in [4.78, 5) is 24.4. The van der Waals surface area contributed by atoms with E-state index < -0.39 is 11.9 Å². The quantitative estimate of drug-likeness (QED) is 0.553. The number of ether oxygens (including phenoxy) is 2. The second-order valence-electron chi connectivity index (χ2n) is 4.41. The van der Waals surface area contributed by atoms with Crippen molar-refractivity contribution in [3.63, 3.8) is 0 Å². The van der Waals surface area contributed by atoms with E-state index in [0.717, 1.165) is 16.2 Å². The van der Waals surface area contributed by atoms with Gasteiger partial charge >= 0.3 is 11.9 Å². The fourth-order valence-corrected chi connectivity index (χ4v) is 3.95. The van der Waals surface area contributed by atoms with E-state index in [1.165, 1.54) is 31.6 Å². The van der Waals surface area contributed by atoms with Gasteiger partial charge in [0.25, 0.3) is 0 Å². The zero-order valence-electron chi connectivity index (χ0n) is 13.7. The number of hydrogen-bond acceptors (Lipinski definition) is 9. The summed E-state index contributed by atoms with van der Waals surface area (Å²) >= 11 is 5.60. The molecule has 10 heteroatoms. The molecule has 2 aromatic rings. The van der Waals surface area contributed by atoms with Crippen LogP contribution in [-0.2, 0) is 21.4 Å². The third-order valence-corrected chi connectivity index (χ3v) is 6.03. The first-order chi connectivity index (χ1) is 12.4. The van der Waals surface area contributed by atoms with Gasteiger partial charge in [0.1, 0.15) is 21.9 Å². The van der Waals surface area contributed by atoms with Crippen molar-refractivity contribution in [2.24, 2.45) is 0 Å². The smallest absolute Gasteiger partial charge is 0.349 e. The minimum atomic E-state index is -0.541. The van der Waals surface area contributed by atoms with E-state index in [4.69, 9.17) is 15.6 Å². The first kappa shape index (κ1) is 21.8. The Bertz CT molecular complexity index is 804. The van der Waals surface area contributed by atoms with Crippen LogP contribution in [0.2, 0.25) is 0 Å². The maximum Gasteiger partial charge on any atom is 0.349 e. The molecule has 2 rings (SSSR count). The number of nitrogens with zero attached hydrogens (tertiary/aromatic N) is 2. The second-order valence-corrected chi connectivity index (χ2v) is 7.24. The molecule has 0 spiro atoms. The maximum absolute atomic E-state index is 11.1. The number of thiophene rings is 2. The molecule has 0 aromatic carbocycles. The van der Waals surface area contributed by atoms with Crippen molar-refractivity contribution in [3.8, 4) is 12.1 Å². The molecule has 7 nitrogen and oxygen atoms in total. The van der Waals surface area contributed by atoms with Gasteiger partial charge in [0.15, 0.2) is 0 Å². The van der Waals surface area contributed by atoms with E-state index in [1.54, 1.807) is 6.07 Å². The highest BCUT2D eigenvalue weighted by molar-refractivity contribution is 9.08. The van der Waals surface area contributed by atoms with Crippen molar-refractivity contribution in [2.45, 2.75) is 11.9 Å². The third kappa shape index (κ3) is 5.38. The Hall–Kier alpha value is -2.24. The molecule has 1 N–H and O–H groups in total. The lowest BCUT2D eigenvalue weighted by atomic mass is 10.2. The van der Waals surface area contributed by atoms with Gasteiger partial charge in [0.2, 0.25) is 0 Å². The molecular formula is C16H13BrN2O5S2. The van der Waals surface area contributed by atoms with Gasteiger partial charge in [0.05, 0.1) is 32.0 Å². The van der Waals surface area contributed by atoms with Gasteiger partial charge in [-0.2, -0.15) is 10.5 Å². The first-order valence-corrected chi connectivity index (χ1v) is 9.60. The fourth-order valence-electron chi connectivity index (χ4n) is 1.68. The fraction of sp³-hybridized carbons (Fsp3) is 0.250. The lowest BCUT2D eigenvalue weighted by Gasteiger charge is -1.93. The number of aliphatic hydroxyl groups is 1. The van der Waals surface area contributed by atoms with Gasteiger partial charge in [-0.05, 0) is 12.1 Å². The van der Waals surface area contributed by atoms with Crippen molar-refractivity contribution in [3.05, 3.63) is 42.8 Å². The summed E-state index contributed by atoms with van der Waals surface area (Å²) in [5.74, 6) is -0.991. The molecule has 2 heterocycles. The lowest BCUT2D eigenvalue weighted by molar-refractivity contribution is 0.0597. The highest BCUT2D eigenvalue weighted by Crippen LogP contribution is 2.24. The highest BCUT2D eigenvalue weighted by atomic mass is 79.9. The van der Waals surface area contributed by atoms with Gasteiger partial charge in [0, 0.05) is 15.1 Å². The predicted molar refractivity (Wildman–Crippen MR) is 99.3 cm³/mol. The van der Waals surface area contributed by atoms with Crippen LogP contribution >= 0.6 is 38.6 Å². The summed E-state index contributed by atoms with van der Waals surface area (Å²) in [5, 5.41) is 26.8. The van der Waals surface area contributed by atoms with E-state index in [-0.39, 0.29) is 17.0 Å². The molecule has 0 aliphatic heterocycles. The number of carbonyl (C=O) groups is 2. The van der Waals surface area contributed by atoms with Crippen LogP contribution in [0.3, 0.4) is 0 Å². The number of rotatable bonds is 4. The van der Waals surface area contributed by atoms with Gasteiger partial charge in [-0.1, -0.05) is 15.9 Å². The van der Waals surface area contributed by atoms with E-state index >= 15 is 0 Å². The molecule has 0 saturated carbocycles. The number of carbonyl (C=O) groups excluding carboxylic acids is 2. The number of halogens is 1. The molecule has 2 aromatic heterocycles. The van der Waals surface area contributed by atoms with Crippen molar-refractivity contribution in [1.82, 2.24) is 0 Å². The van der Waals surface area contributed by atoms with Crippen LogP contribution in [0.1, 0.15) is 40.2 Å². The molecule has 0 radical (unpaired) electrons. The number of esters is 2. The van der Waals surface area contributed by atoms with Crippen molar-refractivity contribution < 1.29 is 24.2 Å². The van der Waals surface area contributed by atoms with Gasteiger partial charge < -0.3 is 14.6 Å². The summed E-state index contributed by atoms with van der Waals surface area (Å²) in [6.45, 7) is -0.170. The summed E-state index contributed by atoms with van der Waals surface area (Å²) < 4.78 is 9.02. The number of hydrogen-bond donors (Lipinski definition) is 1. The average Bonchev–Trinajstić information content (AvgIpc) is 3.30. The SMILES string of the molecule is COC(=O)c1sc(CBr)cc1C#N.COC(=O)c1sc(CO)cc1C#N. The molecule has 0 aliphatic rings. The summed E-state index contributed by atoms with van der Waals surface area (Å²) in [6, 6.07) is 6.99. The zero-order valence-corrected chi connectivity index (χ0v) is 17.0. The minimum Gasteiger partial charge on any atom is -0.465 e. The van der Waals surface area contributed by atoms with Crippen LogP contribution in [-0.4, -0.2) is 31.3 Å². The van der Waals surface area contributed by atoms with Gasteiger partial charge in [-0.3, -0.25) is 0 Å². The molecule has 136 valence electrons. The third-order valence-electron chi connectivity index (χ3n) is 2.84. The zero-order chi connectivity index (χ0) is 19.7. The van der Waals surface area contributed by atoms with E-state index in [1.807, 2.05) is 12.1 Å². The monoisotopic (exact) mass is 456 g/mol. The van der Waals surface area contributed by atoms with Crippen LogP contribution in [0.5, 0.6) is 0 Å². The van der Waals surface area contributed by atoms with Crippen LogP contribution in [0.15, 0.2) is 12.1 Å². The molecule has 0 unspecified atom stereocenters. The topological polar surface area (TPSA) is 120 Å². The molecule has 0 fully saturated rings. The van der Waals surface area contributed by atoms with E-state index in [2.05, 4.69) is 25.4 Å². The van der Waals surface area contributed by atoms with E-state index in [0.29, 0.717) is 20.6 Å². The van der Waals surface area contributed by atoms with Crippen molar-refractivity contribution in [2.75, 3.05) is 14.2 Å². The Kier molecular flexibility index (Phi) is 8.96. The standard InChI is InChI=1S/C8H6BrNO2S.C8H7NO3S/c1-12-8(11)7-5(4-10)2-6(3-9)13-7;1-12-8(11)7-5(3-9)2-6(4-10)13-7/h2H,3H2,1H3;2,10H,4H2,1H3. The highest BCUT2D eigenvalue weighted by Gasteiger charge is 2.16. The summed E-state index contributed by atoms with van der Waals surface area (Å²) in [7, 11) is 2.55. The average molecular weight is 457 g/mol. The Balaban J connectivity index is 0.000000260. The van der Waals surface area contributed by atoms with Crippen LogP contribution < -0.4 is 0 Å². The predicted octanol–water partition coefficient (Wildman–Crippen LogP) is 3.20. The Morgan fingerprint density at radius 1 is 1.04 bits per heavy atom. The Labute approximate surface area is 166 Å². The summed E-state index contributed by atoms with van der Waals surface area (Å²) in [6.07, 6.45) is 0. The van der Waals surface area contributed by atoms with Crippen LogP contribution in [0.25, 0.3) is 0 Å². The normalized spacial score (nSPS) is 9.31. The molecule has 26 heavy (non-hydrogen) atoms. The van der Waals surface area contributed by atoms with Crippen LogP contribution in [0, 0.1) is 22.7 Å². The summed E-state index contributed by atoms with van der Waals surface area (Å²) in [5.41, 5.74) is 0.632. The minimum absolute atomic E-state index is 0.170. The largest absolute Gasteiger partial charge is 0.465 e. The molecular weight excluding hydrogens is 444 g/mol. The van der Waals surface area contributed by atoms with Crippen LogP contribution in [0.4, 0.5) is 0 Å². The lowest BCUT2D eigenvalue weighted by Crippen LogP contribution is -1.99. The van der Waals surface area contributed by atoms with Gasteiger partial charge in [-0.15, -0.1) is 22.7 Å². The Morgan fingerprint density at radius 3 is 1.81 bits per heavy atom.